The number of ether oxygens (including phenoxy) is 1. The quantitative estimate of drug-likeness (QED) is 0.540. The minimum atomic E-state index is -0.830. The number of hydrogen-bond donors (Lipinski definition) is 2. The predicted octanol–water partition coefficient (Wildman–Crippen LogP) is 4.80. The van der Waals surface area contributed by atoms with Crippen LogP contribution in [0.5, 0.6) is 0 Å². The molecule has 7 heteroatoms. The molecule has 2 aliphatic rings. The number of carboxylic acids is 1. The fraction of sp³-hybridized carbons (Fsp3) is 0.464. The lowest BCUT2D eigenvalue weighted by atomic mass is 9.95. The summed E-state index contributed by atoms with van der Waals surface area (Å²) in [5, 5.41) is 11.8. The van der Waals surface area contributed by atoms with Gasteiger partial charge in [-0.05, 0) is 54.4 Å². The fourth-order valence-corrected chi connectivity index (χ4v) is 5.33. The van der Waals surface area contributed by atoms with Gasteiger partial charge in [0.05, 0.1) is 0 Å². The maximum Gasteiger partial charge on any atom is 0.407 e. The van der Waals surface area contributed by atoms with Crippen LogP contribution in [0.4, 0.5) is 4.79 Å². The lowest BCUT2D eigenvalue weighted by Gasteiger charge is -2.37. The number of carbonyl (C=O) groups excluding carboxylic acids is 2. The van der Waals surface area contributed by atoms with Gasteiger partial charge in [0.2, 0.25) is 5.91 Å². The van der Waals surface area contributed by atoms with Crippen molar-refractivity contribution in [3.63, 3.8) is 0 Å². The van der Waals surface area contributed by atoms with Crippen LogP contribution >= 0.6 is 0 Å². The third kappa shape index (κ3) is 5.84. The summed E-state index contributed by atoms with van der Waals surface area (Å²) < 4.78 is 5.57. The van der Waals surface area contributed by atoms with E-state index < -0.39 is 12.1 Å². The Morgan fingerprint density at radius 1 is 1.06 bits per heavy atom. The van der Waals surface area contributed by atoms with Crippen LogP contribution in [0.15, 0.2) is 48.5 Å². The molecule has 0 bridgehead atoms. The summed E-state index contributed by atoms with van der Waals surface area (Å²) in [5.74, 6) is -1.04. The molecule has 2 atom stereocenters. The van der Waals surface area contributed by atoms with E-state index in [4.69, 9.17) is 9.84 Å². The highest BCUT2D eigenvalue weighted by atomic mass is 16.5. The zero-order chi connectivity index (χ0) is 24.8. The lowest BCUT2D eigenvalue weighted by molar-refractivity contribution is -0.142. The Morgan fingerprint density at radius 2 is 1.71 bits per heavy atom. The van der Waals surface area contributed by atoms with Gasteiger partial charge in [-0.3, -0.25) is 9.59 Å². The van der Waals surface area contributed by atoms with E-state index in [0.717, 1.165) is 19.3 Å². The van der Waals surface area contributed by atoms with Gasteiger partial charge in [0.25, 0.3) is 0 Å². The molecule has 1 aliphatic carbocycles. The molecule has 7 nitrogen and oxygen atoms in total. The minimum Gasteiger partial charge on any atom is -0.481 e. The Kier molecular flexibility index (Phi) is 8.06. The SMILES string of the molecule is CC(CCNC(=O)OCC1c2ccccc2-c2ccccc21)C(=O)N1CCCCC1CCC(=O)O. The van der Waals surface area contributed by atoms with Crippen LogP contribution in [0.2, 0.25) is 0 Å². The number of nitrogens with one attached hydrogen (secondary N) is 1. The van der Waals surface area contributed by atoms with Crippen LogP contribution in [0, 0.1) is 5.92 Å². The van der Waals surface area contributed by atoms with Gasteiger partial charge in [-0.25, -0.2) is 4.79 Å². The number of rotatable bonds is 9. The molecule has 1 aliphatic heterocycles. The molecule has 2 aromatic carbocycles. The number of amides is 2. The highest BCUT2D eigenvalue weighted by Crippen LogP contribution is 2.44. The fourth-order valence-electron chi connectivity index (χ4n) is 5.33. The molecule has 1 saturated heterocycles. The molecule has 2 amide bonds. The van der Waals surface area contributed by atoms with Crippen molar-refractivity contribution in [2.24, 2.45) is 5.92 Å². The second-order valence-electron chi connectivity index (χ2n) is 9.56. The molecule has 0 aromatic heterocycles. The maximum atomic E-state index is 13.0. The van der Waals surface area contributed by atoms with Crippen LogP contribution in [-0.4, -0.2) is 53.7 Å². The Morgan fingerprint density at radius 3 is 2.37 bits per heavy atom. The Bertz CT molecular complexity index is 1020. The number of alkyl carbamates (subject to hydrolysis) is 1. The highest BCUT2D eigenvalue weighted by molar-refractivity contribution is 5.80. The second kappa shape index (κ2) is 11.4. The molecule has 1 fully saturated rings. The van der Waals surface area contributed by atoms with Crippen molar-refractivity contribution < 1.29 is 24.2 Å². The number of fused-ring (bicyclic) bond motifs is 3. The van der Waals surface area contributed by atoms with Gasteiger partial charge in [0.1, 0.15) is 6.61 Å². The summed E-state index contributed by atoms with van der Waals surface area (Å²) in [6.07, 6.45) is 3.41. The van der Waals surface area contributed by atoms with Gasteiger partial charge < -0.3 is 20.1 Å². The summed E-state index contributed by atoms with van der Waals surface area (Å²) in [6, 6.07) is 16.4. The first-order chi connectivity index (χ1) is 17.0. The zero-order valence-electron chi connectivity index (χ0n) is 20.2. The van der Waals surface area contributed by atoms with Gasteiger partial charge in [0.15, 0.2) is 0 Å². The van der Waals surface area contributed by atoms with E-state index in [0.29, 0.717) is 25.9 Å². The molecule has 186 valence electrons. The Hall–Kier alpha value is -3.35. The predicted molar refractivity (Wildman–Crippen MR) is 133 cm³/mol. The van der Waals surface area contributed by atoms with E-state index in [-0.39, 0.29) is 36.8 Å². The van der Waals surface area contributed by atoms with E-state index in [9.17, 15) is 14.4 Å². The summed E-state index contributed by atoms with van der Waals surface area (Å²) in [4.78, 5) is 38.2. The molecule has 2 unspecified atom stereocenters. The van der Waals surface area contributed by atoms with E-state index in [1.165, 1.54) is 22.3 Å². The second-order valence-corrected chi connectivity index (χ2v) is 9.56. The van der Waals surface area contributed by atoms with Gasteiger partial charge in [-0.2, -0.15) is 0 Å². The lowest BCUT2D eigenvalue weighted by Crippen LogP contribution is -2.46. The monoisotopic (exact) mass is 478 g/mol. The van der Waals surface area contributed by atoms with Crippen molar-refractivity contribution >= 4 is 18.0 Å². The number of benzene rings is 2. The average molecular weight is 479 g/mol. The summed E-state index contributed by atoms with van der Waals surface area (Å²) >= 11 is 0. The average Bonchev–Trinajstić information content (AvgIpc) is 3.19. The molecule has 4 rings (SSSR count). The van der Waals surface area contributed by atoms with E-state index in [1.807, 2.05) is 36.1 Å². The Labute approximate surface area is 206 Å². The molecule has 2 aromatic rings. The number of carboxylic acid groups (broad SMARTS) is 1. The first-order valence-electron chi connectivity index (χ1n) is 12.6. The van der Waals surface area contributed by atoms with E-state index >= 15 is 0 Å². The largest absolute Gasteiger partial charge is 0.481 e. The molecule has 0 saturated carbocycles. The van der Waals surface area contributed by atoms with Crippen LogP contribution in [0.25, 0.3) is 11.1 Å². The van der Waals surface area contributed by atoms with Crippen LogP contribution in [-0.2, 0) is 14.3 Å². The van der Waals surface area contributed by atoms with Crippen LogP contribution in [0.3, 0.4) is 0 Å². The highest BCUT2D eigenvalue weighted by Gasteiger charge is 2.31. The molecule has 2 N–H and O–H groups in total. The smallest absolute Gasteiger partial charge is 0.407 e. The third-order valence-electron chi connectivity index (χ3n) is 7.21. The standard InChI is InChI=1S/C28H34N2O5/c1-19(27(33)30-17-7-6-8-20(30)13-14-26(31)32)15-16-29-28(34)35-18-25-23-11-4-2-9-21(23)22-10-3-5-12-24(22)25/h2-5,9-12,19-20,25H,6-8,13-18H2,1H3,(H,29,34)(H,31,32). The summed E-state index contributed by atoms with van der Waals surface area (Å²) in [5.41, 5.74) is 4.70. The first kappa shape index (κ1) is 24.8. The molecule has 1 heterocycles. The van der Waals surface area contributed by atoms with E-state index in [2.05, 4.69) is 29.6 Å². The van der Waals surface area contributed by atoms with Gasteiger partial charge in [-0.1, -0.05) is 55.5 Å². The van der Waals surface area contributed by atoms with Crippen molar-refractivity contribution in [3.8, 4) is 11.1 Å². The number of piperidine rings is 1. The van der Waals surface area contributed by atoms with Crippen molar-refractivity contribution in [1.82, 2.24) is 10.2 Å². The van der Waals surface area contributed by atoms with Gasteiger partial charge in [-0.15, -0.1) is 0 Å². The van der Waals surface area contributed by atoms with Crippen LogP contribution < -0.4 is 5.32 Å². The van der Waals surface area contributed by atoms with Crippen molar-refractivity contribution in [1.29, 1.82) is 0 Å². The molecule has 0 radical (unpaired) electrons. The number of nitrogens with zero attached hydrogens (tertiary/aromatic N) is 1. The number of hydrogen-bond acceptors (Lipinski definition) is 4. The molecule has 35 heavy (non-hydrogen) atoms. The van der Waals surface area contributed by atoms with Gasteiger partial charge in [0, 0.05) is 37.4 Å². The number of carbonyl (C=O) groups is 3. The van der Waals surface area contributed by atoms with Gasteiger partial charge >= 0.3 is 12.1 Å². The maximum absolute atomic E-state index is 13.0. The van der Waals surface area contributed by atoms with E-state index in [1.54, 1.807) is 0 Å². The third-order valence-corrected chi connectivity index (χ3v) is 7.21. The molecule has 0 spiro atoms. The summed E-state index contributed by atoms with van der Waals surface area (Å²) in [7, 11) is 0. The Balaban J connectivity index is 1.24. The van der Waals surface area contributed by atoms with Crippen molar-refractivity contribution in [3.05, 3.63) is 59.7 Å². The minimum absolute atomic E-state index is 0.00936. The zero-order valence-corrected chi connectivity index (χ0v) is 20.2. The van der Waals surface area contributed by atoms with Crippen molar-refractivity contribution in [2.75, 3.05) is 19.7 Å². The number of aliphatic carboxylic acids is 1. The number of likely N-dealkylation sites (tertiary alicyclic amines) is 1. The first-order valence-corrected chi connectivity index (χ1v) is 12.6. The molecular formula is C28H34N2O5. The van der Waals surface area contributed by atoms with Crippen molar-refractivity contribution in [2.45, 2.75) is 57.4 Å². The summed E-state index contributed by atoms with van der Waals surface area (Å²) in [6.45, 7) is 3.14. The van der Waals surface area contributed by atoms with Crippen LogP contribution in [0.1, 0.15) is 62.5 Å². The normalized spacial score (nSPS) is 17.9. The topological polar surface area (TPSA) is 95.9 Å². The molecular weight excluding hydrogens is 444 g/mol.